The SMILES string of the molecule is CCOc1c(Cl)cc(C(=O)Oc2ccc3c(c2)OC(N)=C(C#N)C3c2ccc(Cl)cc2Cl)cc1Cl. The molecule has 0 saturated heterocycles. The van der Waals surface area contributed by atoms with E-state index in [1.54, 1.807) is 37.3 Å². The van der Waals surface area contributed by atoms with Crippen LogP contribution in [0.1, 0.15) is 34.3 Å². The van der Waals surface area contributed by atoms with Crippen molar-refractivity contribution in [1.82, 2.24) is 0 Å². The Kier molecular flexibility index (Phi) is 7.34. The van der Waals surface area contributed by atoms with E-state index in [2.05, 4.69) is 6.07 Å². The second-order valence-corrected chi connectivity index (χ2v) is 9.04. The van der Waals surface area contributed by atoms with Crippen molar-refractivity contribution in [3.8, 4) is 23.3 Å². The van der Waals surface area contributed by atoms with E-state index in [1.165, 1.54) is 18.2 Å². The van der Waals surface area contributed by atoms with Crippen molar-refractivity contribution in [2.24, 2.45) is 5.73 Å². The first-order chi connectivity index (χ1) is 16.7. The lowest BCUT2D eigenvalue weighted by Crippen LogP contribution is -2.21. The minimum absolute atomic E-state index is 0.0791. The van der Waals surface area contributed by atoms with Crippen molar-refractivity contribution in [3.63, 3.8) is 0 Å². The number of carbonyl (C=O) groups excluding carboxylic acids is 1. The normalized spacial score (nSPS) is 14.6. The zero-order chi connectivity index (χ0) is 25.3. The summed E-state index contributed by atoms with van der Waals surface area (Å²) in [6.07, 6.45) is 0. The number of carbonyl (C=O) groups is 1. The molecule has 0 bridgehead atoms. The first-order valence-electron chi connectivity index (χ1n) is 10.2. The Morgan fingerprint density at radius 2 is 1.71 bits per heavy atom. The summed E-state index contributed by atoms with van der Waals surface area (Å²) in [6.45, 7) is 2.16. The van der Waals surface area contributed by atoms with E-state index < -0.39 is 11.9 Å². The molecule has 35 heavy (non-hydrogen) atoms. The molecule has 178 valence electrons. The average molecular weight is 550 g/mol. The van der Waals surface area contributed by atoms with Gasteiger partial charge in [-0.2, -0.15) is 5.26 Å². The number of esters is 1. The topological polar surface area (TPSA) is 94.6 Å². The highest BCUT2D eigenvalue weighted by atomic mass is 35.5. The number of benzene rings is 3. The molecule has 4 rings (SSSR count). The molecule has 1 atom stereocenters. The highest BCUT2D eigenvalue weighted by Crippen LogP contribution is 2.45. The summed E-state index contributed by atoms with van der Waals surface area (Å²) in [6, 6.07) is 14.7. The Bertz CT molecular complexity index is 1390. The van der Waals surface area contributed by atoms with E-state index in [4.69, 9.17) is 66.3 Å². The molecule has 3 aromatic rings. The third kappa shape index (κ3) is 5.00. The van der Waals surface area contributed by atoms with Crippen LogP contribution < -0.4 is 19.9 Å². The number of fused-ring (bicyclic) bond motifs is 1. The molecule has 1 aliphatic rings. The average Bonchev–Trinajstić information content (AvgIpc) is 2.80. The molecule has 0 spiro atoms. The maximum atomic E-state index is 12.8. The summed E-state index contributed by atoms with van der Waals surface area (Å²) in [7, 11) is 0. The van der Waals surface area contributed by atoms with Gasteiger partial charge in [0.1, 0.15) is 23.1 Å². The Labute approximate surface area is 221 Å². The fourth-order valence-electron chi connectivity index (χ4n) is 3.68. The monoisotopic (exact) mass is 548 g/mol. The fraction of sp³-hybridized carbons (Fsp3) is 0.120. The molecule has 0 aromatic heterocycles. The Morgan fingerprint density at radius 3 is 2.34 bits per heavy atom. The number of nitriles is 1. The van der Waals surface area contributed by atoms with Crippen LogP contribution in [0.3, 0.4) is 0 Å². The fourth-order valence-corrected chi connectivity index (χ4v) is 4.79. The van der Waals surface area contributed by atoms with Crippen LogP contribution >= 0.6 is 46.4 Å². The quantitative estimate of drug-likeness (QED) is 0.268. The van der Waals surface area contributed by atoms with Crippen molar-refractivity contribution < 1.29 is 19.0 Å². The summed E-state index contributed by atoms with van der Waals surface area (Å²) >= 11 is 24.8. The first-order valence-corrected chi connectivity index (χ1v) is 11.7. The number of nitrogens with zero attached hydrogens (tertiary/aromatic N) is 1. The van der Waals surface area contributed by atoms with Crippen LogP contribution in [0.4, 0.5) is 0 Å². The van der Waals surface area contributed by atoms with Crippen LogP contribution in [0.25, 0.3) is 0 Å². The van der Waals surface area contributed by atoms with Crippen molar-refractivity contribution >= 4 is 52.4 Å². The molecule has 0 aliphatic carbocycles. The van der Waals surface area contributed by atoms with Crippen molar-refractivity contribution in [1.29, 1.82) is 5.26 Å². The van der Waals surface area contributed by atoms with Gasteiger partial charge >= 0.3 is 5.97 Å². The molecule has 3 aromatic carbocycles. The van der Waals surface area contributed by atoms with E-state index in [9.17, 15) is 10.1 Å². The summed E-state index contributed by atoms with van der Waals surface area (Å²) in [5.41, 5.74) is 7.63. The summed E-state index contributed by atoms with van der Waals surface area (Å²) < 4.78 is 16.6. The van der Waals surface area contributed by atoms with E-state index in [-0.39, 0.29) is 38.6 Å². The van der Waals surface area contributed by atoms with Gasteiger partial charge in [-0.25, -0.2) is 4.79 Å². The minimum atomic E-state index is -0.689. The van der Waals surface area contributed by atoms with Gasteiger partial charge in [-0.3, -0.25) is 0 Å². The Balaban J connectivity index is 1.67. The lowest BCUT2D eigenvalue weighted by Gasteiger charge is -2.27. The largest absolute Gasteiger partial charge is 0.491 e. The predicted octanol–water partition coefficient (Wildman–Crippen LogP) is 7.14. The van der Waals surface area contributed by atoms with Gasteiger partial charge < -0.3 is 19.9 Å². The van der Waals surface area contributed by atoms with Crippen molar-refractivity contribution in [3.05, 3.63) is 96.8 Å². The van der Waals surface area contributed by atoms with E-state index in [1.807, 2.05) is 0 Å². The maximum absolute atomic E-state index is 12.8. The standard InChI is InChI=1S/C25H16Cl4N2O4/c1-2-33-23-19(28)7-12(8-20(23)29)25(32)34-14-4-6-16-21(10-14)35-24(31)17(11-30)22(16)15-5-3-13(26)9-18(15)27/h3-10,22H,2,31H2,1H3. The first kappa shape index (κ1) is 25.0. The number of ether oxygens (including phenoxy) is 3. The summed E-state index contributed by atoms with van der Waals surface area (Å²) in [5.74, 6) is -0.579. The summed E-state index contributed by atoms with van der Waals surface area (Å²) in [5, 5.41) is 10.9. The third-order valence-electron chi connectivity index (χ3n) is 5.20. The van der Waals surface area contributed by atoms with Gasteiger partial charge in [-0.15, -0.1) is 0 Å². The van der Waals surface area contributed by atoms with Crippen molar-refractivity contribution in [2.75, 3.05) is 6.61 Å². The highest BCUT2D eigenvalue weighted by molar-refractivity contribution is 6.37. The number of hydrogen-bond acceptors (Lipinski definition) is 6. The molecular weight excluding hydrogens is 534 g/mol. The van der Waals surface area contributed by atoms with Gasteiger partial charge in [-0.05, 0) is 42.8 Å². The van der Waals surface area contributed by atoms with E-state index >= 15 is 0 Å². The maximum Gasteiger partial charge on any atom is 0.343 e. The van der Waals surface area contributed by atoms with Crippen LogP contribution in [0.5, 0.6) is 17.2 Å². The lowest BCUT2D eigenvalue weighted by molar-refractivity contribution is 0.0734. The molecule has 1 aliphatic heterocycles. The van der Waals surface area contributed by atoms with Gasteiger partial charge in [0, 0.05) is 21.7 Å². The van der Waals surface area contributed by atoms with Crippen LogP contribution in [-0.2, 0) is 0 Å². The Morgan fingerprint density at radius 1 is 1.03 bits per heavy atom. The molecule has 1 unspecified atom stereocenters. The van der Waals surface area contributed by atoms with Gasteiger partial charge in [0.05, 0.1) is 28.1 Å². The number of rotatable bonds is 5. The molecule has 10 heteroatoms. The highest BCUT2D eigenvalue weighted by Gasteiger charge is 2.32. The molecule has 0 fully saturated rings. The predicted molar refractivity (Wildman–Crippen MR) is 135 cm³/mol. The molecule has 6 nitrogen and oxygen atoms in total. The molecule has 0 radical (unpaired) electrons. The van der Waals surface area contributed by atoms with Crippen molar-refractivity contribution in [2.45, 2.75) is 12.8 Å². The molecule has 2 N–H and O–H groups in total. The summed E-state index contributed by atoms with van der Waals surface area (Å²) in [4.78, 5) is 12.8. The zero-order valence-corrected chi connectivity index (χ0v) is 21.1. The molecule has 1 heterocycles. The van der Waals surface area contributed by atoms with E-state index in [0.717, 1.165) is 0 Å². The zero-order valence-electron chi connectivity index (χ0n) is 18.1. The van der Waals surface area contributed by atoms with Crippen LogP contribution in [0.15, 0.2) is 60.0 Å². The molecule has 0 amide bonds. The van der Waals surface area contributed by atoms with E-state index in [0.29, 0.717) is 33.5 Å². The van der Waals surface area contributed by atoms with Gasteiger partial charge in [0.25, 0.3) is 0 Å². The van der Waals surface area contributed by atoms with Crippen LogP contribution in [0.2, 0.25) is 20.1 Å². The number of allylic oxidation sites excluding steroid dienone is 1. The van der Waals surface area contributed by atoms with Crippen LogP contribution in [0, 0.1) is 11.3 Å². The van der Waals surface area contributed by atoms with Crippen LogP contribution in [-0.4, -0.2) is 12.6 Å². The molecule has 0 saturated carbocycles. The number of hydrogen-bond donors (Lipinski definition) is 1. The number of nitrogens with two attached hydrogens (primary N) is 1. The number of halogens is 4. The second-order valence-electron chi connectivity index (χ2n) is 7.38. The molecular formula is C25H16Cl4N2O4. The smallest absolute Gasteiger partial charge is 0.343 e. The van der Waals surface area contributed by atoms with Gasteiger partial charge in [0.2, 0.25) is 5.88 Å². The minimum Gasteiger partial charge on any atom is -0.491 e. The second kappa shape index (κ2) is 10.3. The van der Waals surface area contributed by atoms with Gasteiger partial charge in [0.15, 0.2) is 5.75 Å². The van der Waals surface area contributed by atoms with Gasteiger partial charge in [-0.1, -0.05) is 58.5 Å². The third-order valence-corrected chi connectivity index (χ3v) is 6.32. The Hall–Kier alpha value is -3.08. The lowest BCUT2D eigenvalue weighted by atomic mass is 9.83.